The van der Waals surface area contributed by atoms with Crippen molar-refractivity contribution >= 4 is 11.7 Å². The molecule has 0 spiro atoms. The Morgan fingerprint density at radius 2 is 2.11 bits per heavy atom. The molecule has 0 aliphatic heterocycles. The molecule has 1 N–H and O–H groups in total. The average Bonchev–Trinajstić information content (AvgIpc) is 2.41. The van der Waals surface area contributed by atoms with E-state index >= 15 is 0 Å². The number of aromatic nitrogens is 1. The minimum Gasteiger partial charge on any atom is -0.363 e. The molecule has 2 rings (SSSR count). The number of anilines is 1. The lowest BCUT2D eigenvalue weighted by Gasteiger charge is -2.29. The van der Waals surface area contributed by atoms with Gasteiger partial charge in [0.2, 0.25) is 0 Å². The Morgan fingerprint density at radius 3 is 2.79 bits per heavy atom. The SMILES string of the molecule is CC1CCCCC1NC(=O)c1ccnc(N(C)C)c1. The van der Waals surface area contributed by atoms with E-state index in [0.29, 0.717) is 17.5 Å². The van der Waals surface area contributed by atoms with E-state index in [1.807, 2.05) is 25.1 Å². The molecule has 1 aromatic rings. The second kappa shape index (κ2) is 6.04. The minimum atomic E-state index is 0.0178. The Kier molecular flexibility index (Phi) is 4.40. The molecule has 1 aromatic heterocycles. The van der Waals surface area contributed by atoms with E-state index < -0.39 is 0 Å². The van der Waals surface area contributed by atoms with E-state index in [4.69, 9.17) is 0 Å². The second-order valence-electron chi connectivity index (χ2n) is 5.64. The van der Waals surface area contributed by atoms with E-state index in [1.54, 1.807) is 12.3 Å². The molecule has 0 bridgehead atoms. The summed E-state index contributed by atoms with van der Waals surface area (Å²) < 4.78 is 0. The van der Waals surface area contributed by atoms with Crippen LogP contribution in [0.4, 0.5) is 5.82 Å². The first-order valence-corrected chi connectivity index (χ1v) is 7.02. The Balaban J connectivity index is 2.05. The van der Waals surface area contributed by atoms with Crippen LogP contribution in [0.3, 0.4) is 0 Å². The van der Waals surface area contributed by atoms with Crippen molar-refractivity contribution in [1.82, 2.24) is 10.3 Å². The van der Waals surface area contributed by atoms with Crippen molar-refractivity contribution in [2.75, 3.05) is 19.0 Å². The number of rotatable bonds is 3. The zero-order valence-corrected chi connectivity index (χ0v) is 12.0. The van der Waals surface area contributed by atoms with Crippen molar-refractivity contribution in [3.8, 4) is 0 Å². The molecule has 0 aromatic carbocycles. The molecule has 1 aliphatic rings. The van der Waals surface area contributed by atoms with Crippen LogP contribution in [0.15, 0.2) is 18.3 Å². The first-order chi connectivity index (χ1) is 9.08. The van der Waals surface area contributed by atoms with E-state index in [0.717, 1.165) is 12.2 Å². The Labute approximate surface area is 115 Å². The molecule has 104 valence electrons. The van der Waals surface area contributed by atoms with Crippen LogP contribution in [0.1, 0.15) is 43.0 Å². The Bertz CT molecular complexity index is 445. The lowest BCUT2D eigenvalue weighted by atomic mass is 9.86. The van der Waals surface area contributed by atoms with Crippen molar-refractivity contribution < 1.29 is 4.79 Å². The number of nitrogens with zero attached hydrogens (tertiary/aromatic N) is 2. The summed E-state index contributed by atoms with van der Waals surface area (Å²) >= 11 is 0. The molecule has 0 saturated heterocycles. The molecule has 4 heteroatoms. The summed E-state index contributed by atoms with van der Waals surface area (Å²) in [5.74, 6) is 1.40. The molecule has 1 fully saturated rings. The highest BCUT2D eigenvalue weighted by Gasteiger charge is 2.23. The molecular weight excluding hydrogens is 238 g/mol. The van der Waals surface area contributed by atoms with Crippen molar-refractivity contribution in [2.24, 2.45) is 5.92 Å². The third-order valence-corrected chi connectivity index (χ3v) is 3.89. The van der Waals surface area contributed by atoms with Crippen molar-refractivity contribution in [3.63, 3.8) is 0 Å². The molecule has 2 unspecified atom stereocenters. The van der Waals surface area contributed by atoms with Gasteiger partial charge in [-0.3, -0.25) is 4.79 Å². The quantitative estimate of drug-likeness (QED) is 0.909. The number of nitrogens with one attached hydrogen (secondary N) is 1. The predicted molar refractivity (Wildman–Crippen MR) is 77.5 cm³/mol. The zero-order chi connectivity index (χ0) is 13.8. The third-order valence-electron chi connectivity index (χ3n) is 3.89. The zero-order valence-electron chi connectivity index (χ0n) is 12.0. The fourth-order valence-corrected chi connectivity index (χ4v) is 2.59. The maximum absolute atomic E-state index is 12.3. The molecule has 2 atom stereocenters. The van der Waals surface area contributed by atoms with Gasteiger partial charge in [-0.15, -0.1) is 0 Å². The monoisotopic (exact) mass is 261 g/mol. The molecule has 4 nitrogen and oxygen atoms in total. The van der Waals surface area contributed by atoms with Gasteiger partial charge >= 0.3 is 0 Å². The van der Waals surface area contributed by atoms with Gasteiger partial charge in [-0.1, -0.05) is 19.8 Å². The lowest BCUT2D eigenvalue weighted by Crippen LogP contribution is -2.41. The Hall–Kier alpha value is -1.58. The van der Waals surface area contributed by atoms with Gasteiger partial charge in [0.15, 0.2) is 0 Å². The van der Waals surface area contributed by atoms with Gasteiger partial charge in [-0.25, -0.2) is 4.98 Å². The first-order valence-electron chi connectivity index (χ1n) is 7.02. The summed E-state index contributed by atoms with van der Waals surface area (Å²) in [4.78, 5) is 18.4. The van der Waals surface area contributed by atoms with Crippen LogP contribution in [0.25, 0.3) is 0 Å². The van der Waals surface area contributed by atoms with Crippen molar-refractivity contribution in [2.45, 2.75) is 38.6 Å². The van der Waals surface area contributed by atoms with Crippen LogP contribution in [0.2, 0.25) is 0 Å². The third kappa shape index (κ3) is 3.46. The highest BCUT2D eigenvalue weighted by molar-refractivity contribution is 5.95. The highest BCUT2D eigenvalue weighted by atomic mass is 16.1. The van der Waals surface area contributed by atoms with Crippen LogP contribution >= 0.6 is 0 Å². The van der Waals surface area contributed by atoms with Crippen molar-refractivity contribution in [1.29, 1.82) is 0 Å². The summed E-state index contributed by atoms with van der Waals surface area (Å²) in [5, 5.41) is 3.17. The molecular formula is C15H23N3O. The molecule has 1 aliphatic carbocycles. The normalized spacial score (nSPS) is 22.9. The number of pyridine rings is 1. The number of hydrogen-bond donors (Lipinski definition) is 1. The van der Waals surface area contributed by atoms with E-state index in [2.05, 4.69) is 17.2 Å². The maximum atomic E-state index is 12.3. The predicted octanol–water partition coefficient (Wildman–Crippen LogP) is 2.46. The Morgan fingerprint density at radius 1 is 1.37 bits per heavy atom. The van der Waals surface area contributed by atoms with Crippen LogP contribution in [0, 0.1) is 5.92 Å². The van der Waals surface area contributed by atoms with Crippen molar-refractivity contribution in [3.05, 3.63) is 23.9 Å². The van der Waals surface area contributed by atoms with Crippen LogP contribution < -0.4 is 10.2 Å². The lowest BCUT2D eigenvalue weighted by molar-refractivity contribution is 0.0910. The van der Waals surface area contributed by atoms with Gasteiger partial charge in [0, 0.05) is 31.9 Å². The van der Waals surface area contributed by atoms with E-state index in [-0.39, 0.29) is 5.91 Å². The largest absolute Gasteiger partial charge is 0.363 e. The summed E-state index contributed by atoms with van der Waals surface area (Å²) in [6.45, 7) is 2.22. The maximum Gasteiger partial charge on any atom is 0.251 e. The number of carbonyl (C=O) groups is 1. The van der Waals surface area contributed by atoms with Gasteiger partial charge in [0.05, 0.1) is 0 Å². The smallest absolute Gasteiger partial charge is 0.251 e. The van der Waals surface area contributed by atoms with Gasteiger partial charge < -0.3 is 10.2 Å². The fourth-order valence-electron chi connectivity index (χ4n) is 2.59. The van der Waals surface area contributed by atoms with E-state index in [1.165, 1.54) is 19.3 Å². The summed E-state index contributed by atoms with van der Waals surface area (Å²) in [5.41, 5.74) is 0.691. The van der Waals surface area contributed by atoms with Gasteiger partial charge in [-0.05, 0) is 30.9 Å². The van der Waals surface area contributed by atoms with Crippen LogP contribution in [-0.2, 0) is 0 Å². The number of hydrogen-bond acceptors (Lipinski definition) is 3. The minimum absolute atomic E-state index is 0.0178. The van der Waals surface area contributed by atoms with Gasteiger partial charge in [0.1, 0.15) is 5.82 Å². The number of amides is 1. The second-order valence-corrected chi connectivity index (χ2v) is 5.64. The highest BCUT2D eigenvalue weighted by Crippen LogP contribution is 2.24. The molecule has 0 radical (unpaired) electrons. The molecule has 19 heavy (non-hydrogen) atoms. The topological polar surface area (TPSA) is 45.2 Å². The van der Waals surface area contributed by atoms with Crippen LogP contribution in [-0.4, -0.2) is 31.0 Å². The molecule has 1 heterocycles. The fraction of sp³-hybridized carbons (Fsp3) is 0.600. The van der Waals surface area contributed by atoms with E-state index in [9.17, 15) is 4.79 Å². The standard InChI is InChI=1S/C15H23N3O/c1-11-6-4-5-7-13(11)17-15(19)12-8-9-16-14(10-12)18(2)3/h8-11,13H,4-7H2,1-3H3,(H,17,19). The van der Waals surface area contributed by atoms with Gasteiger partial charge in [0.25, 0.3) is 5.91 Å². The number of carbonyl (C=O) groups excluding carboxylic acids is 1. The first kappa shape index (κ1) is 13.8. The average molecular weight is 261 g/mol. The summed E-state index contributed by atoms with van der Waals surface area (Å²) in [6.07, 6.45) is 6.50. The summed E-state index contributed by atoms with van der Waals surface area (Å²) in [6, 6.07) is 3.93. The van der Waals surface area contributed by atoms with Crippen LogP contribution in [0.5, 0.6) is 0 Å². The summed E-state index contributed by atoms with van der Waals surface area (Å²) in [7, 11) is 3.85. The molecule has 1 amide bonds. The van der Waals surface area contributed by atoms with Gasteiger partial charge in [-0.2, -0.15) is 0 Å². The molecule has 1 saturated carbocycles.